The Morgan fingerprint density at radius 1 is 1.27 bits per heavy atom. The van der Waals surface area contributed by atoms with Crippen LogP contribution in [0.3, 0.4) is 0 Å². The van der Waals surface area contributed by atoms with Gasteiger partial charge in [0, 0.05) is 32.6 Å². The Bertz CT molecular complexity index is 930. The molecule has 0 bridgehead atoms. The highest BCUT2D eigenvalue weighted by Crippen LogP contribution is 2.50. The van der Waals surface area contributed by atoms with E-state index in [4.69, 9.17) is 14.6 Å². The average Bonchev–Trinajstić information content (AvgIpc) is 3.28. The summed E-state index contributed by atoms with van der Waals surface area (Å²) >= 11 is 0. The van der Waals surface area contributed by atoms with E-state index in [0.29, 0.717) is 19.5 Å². The minimum absolute atomic E-state index is 0.00551. The second-order valence-corrected chi connectivity index (χ2v) is 10.1. The Labute approximate surface area is 175 Å². The molecule has 1 N–H and O–H groups in total. The lowest BCUT2D eigenvalue weighted by Gasteiger charge is -2.32. The molecule has 3 heterocycles. The summed E-state index contributed by atoms with van der Waals surface area (Å²) in [6.07, 6.45) is 1.68. The number of ether oxygens (including phenoxy) is 1. The van der Waals surface area contributed by atoms with Gasteiger partial charge in [0.05, 0.1) is 24.8 Å². The molecular formula is C20H26N2O7S. The van der Waals surface area contributed by atoms with Crippen molar-refractivity contribution >= 4 is 27.6 Å². The van der Waals surface area contributed by atoms with E-state index in [1.54, 1.807) is 9.80 Å². The van der Waals surface area contributed by atoms with Crippen LogP contribution in [-0.2, 0) is 29.0 Å². The van der Waals surface area contributed by atoms with Crippen LogP contribution in [0.5, 0.6) is 0 Å². The molecule has 0 saturated carbocycles. The molecule has 3 saturated heterocycles. The maximum atomic E-state index is 12.6. The van der Waals surface area contributed by atoms with E-state index in [0.717, 1.165) is 18.7 Å². The van der Waals surface area contributed by atoms with Gasteiger partial charge in [-0.2, -0.15) is 0 Å². The van der Waals surface area contributed by atoms with Gasteiger partial charge in [-0.3, -0.25) is 14.4 Å². The summed E-state index contributed by atoms with van der Waals surface area (Å²) in [4.78, 5) is 37.5. The average molecular weight is 439 g/mol. The molecular weight excluding hydrogens is 412 g/mol. The van der Waals surface area contributed by atoms with Crippen LogP contribution in [0, 0.1) is 0 Å². The third-order valence-electron chi connectivity index (χ3n) is 5.61. The third-order valence-corrected chi connectivity index (χ3v) is 6.55. The molecule has 2 amide bonds. The van der Waals surface area contributed by atoms with Gasteiger partial charge in [-0.15, -0.1) is 0 Å². The SMILES string of the molecule is CC(=O)O.CS(=O)(=O)CCC(=O)N1CC[C@@]23O[C@H](c4ccccc4)CN2C(=O)C[C@@H]13. The number of carbonyl (C=O) groups excluding carboxylic acids is 2. The number of likely N-dealkylation sites (tertiary alicyclic amines) is 1. The molecule has 0 aliphatic carbocycles. The van der Waals surface area contributed by atoms with Crippen LogP contribution in [-0.4, -0.2) is 78.0 Å². The highest BCUT2D eigenvalue weighted by molar-refractivity contribution is 7.90. The van der Waals surface area contributed by atoms with Gasteiger partial charge in [0.1, 0.15) is 15.9 Å². The van der Waals surface area contributed by atoms with Crippen LogP contribution in [0.1, 0.15) is 37.9 Å². The molecule has 30 heavy (non-hydrogen) atoms. The molecule has 0 unspecified atom stereocenters. The second-order valence-electron chi connectivity index (χ2n) is 7.82. The molecule has 4 rings (SSSR count). The van der Waals surface area contributed by atoms with Crippen molar-refractivity contribution in [3.05, 3.63) is 35.9 Å². The minimum atomic E-state index is -3.20. The minimum Gasteiger partial charge on any atom is -0.481 e. The zero-order chi connectivity index (χ0) is 22.1. The number of rotatable bonds is 4. The maximum Gasteiger partial charge on any atom is 0.300 e. The lowest BCUT2D eigenvalue weighted by atomic mass is 10.1. The number of sulfone groups is 1. The first-order valence-electron chi connectivity index (χ1n) is 9.73. The van der Waals surface area contributed by atoms with Gasteiger partial charge in [0.25, 0.3) is 5.97 Å². The normalized spacial score (nSPS) is 27.3. The summed E-state index contributed by atoms with van der Waals surface area (Å²) in [5, 5.41) is 7.42. The number of carbonyl (C=O) groups is 3. The van der Waals surface area contributed by atoms with E-state index in [1.165, 1.54) is 0 Å². The van der Waals surface area contributed by atoms with Gasteiger partial charge in [-0.25, -0.2) is 8.42 Å². The predicted molar refractivity (Wildman–Crippen MR) is 107 cm³/mol. The number of nitrogens with zero attached hydrogens (tertiary/aromatic N) is 2. The van der Waals surface area contributed by atoms with Gasteiger partial charge < -0.3 is 19.6 Å². The fourth-order valence-corrected chi connectivity index (χ4v) is 4.93. The summed E-state index contributed by atoms with van der Waals surface area (Å²) in [5.41, 5.74) is 0.253. The molecule has 1 aromatic rings. The van der Waals surface area contributed by atoms with E-state index in [-0.39, 0.29) is 42.6 Å². The number of amides is 2. The standard InChI is InChI=1S/C18H22N2O5S.C2H4O2/c1-26(23,24)10-7-16(21)19-9-8-18-15(19)11-17(22)20(18)12-14(25-18)13-5-3-2-4-6-13;1-2(3)4/h2-6,14-15H,7-12H2,1H3;1H3,(H,3,4)/t14-,15+,18-;/m0./s1. The van der Waals surface area contributed by atoms with Crippen LogP contribution in [0.25, 0.3) is 0 Å². The lowest BCUT2D eigenvalue weighted by molar-refractivity contribution is -0.142. The first-order valence-corrected chi connectivity index (χ1v) is 11.8. The molecule has 0 aromatic heterocycles. The molecule has 3 aliphatic heterocycles. The first kappa shape index (κ1) is 22.2. The summed E-state index contributed by atoms with van der Waals surface area (Å²) in [6.45, 7) is 2.06. The Morgan fingerprint density at radius 2 is 1.90 bits per heavy atom. The van der Waals surface area contributed by atoms with Crippen LogP contribution in [0.4, 0.5) is 0 Å². The molecule has 1 aromatic carbocycles. The fraction of sp³-hybridized carbons (Fsp3) is 0.550. The quantitative estimate of drug-likeness (QED) is 0.738. The maximum absolute atomic E-state index is 12.6. The number of hydrogen-bond donors (Lipinski definition) is 1. The van der Waals surface area contributed by atoms with Crippen LogP contribution < -0.4 is 0 Å². The lowest BCUT2D eigenvalue weighted by Crippen LogP contribution is -2.48. The summed E-state index contributed by atoms with van der Waals surface area (Å²) < 4.78 is 29.1. The molecule has 3 fully saturated rings. The van der Waals surface area contributed by atoms with Crippen molar-refractivity contribution in [2.75, 3.05) is 25.1 Å². The van der Waals surface area contributed by atoms with Gasteiger partial charge >= 0.3 is 0 Å². The van der Waals surface area contributed by atoms with Crippen molar-refractivity contribution in [1.29, 1.82) is 0 Å². The van der Waals surface area contributed by atoms with Crippen LogP contribution >= 0.6 is 0 Å². The molecule has 164 valence electrons. The Balaban J connectivity index is 0.000000589. The molecule has 0 radical (unpaired) electrons. The largest absolute Gasteiger partial charge is 0.481 e. The summed E-state index contributed by atoms with van der Waals surface area (Å²) in [5.74, 6) is -1.24. The summed E-state index contributed by atoms with van der Waals surface area (Å²) in [7, 11) is -3.20. The van der Waals surface area contributed by atoms with Crippen molar-refractivity contribution in [3.63, 3.8) is 0 Å². The number of carboxylic acid groups (broad SMARTS) is 1. The van der Waals surface area contributed by atoms with E-state index in [9.17, 15) is 18.0 Å². The van der Waals surface area contributed by atoms with Gasteiger partial charge in [0.15, 0.2) is 5.72 Å². The molecule has 9 nitrogen and oxygen atoms in total. The highest BCUT2D eigenvalue weighted by Gasteiger charge is 2.64. The van der Waals surface area contributed by atoms with Crippen LogP contribution in [0.15, 0.2) is 30.3 Å². The van der Waals surface area contributed by atoms with Crippen molar-refractivity contribution in [1.82, 2.24) is 9.80 Å². The Hall–Kier alpha value is -2.46. The molecule has 3 aliphatic rings. The number of benzene rings is 1. The van der Waals surface area contributed by atoms with Gasteiger partial charge in [0.2, 0.25) is 11.8 Å². The predicted octanol–water partition coefficient (Wildman–Crippen LogP) is 0.813. The van der Waals surface area contributed by atoms with E-state index >= 15 is 0 Å². The molecule has 1 spiro atoms. The van der Waals surface area contributed by atoms with Crippen LogP contribution in [0.2, 0.25) is 0 Å². The highest BCUT2D eigenvalue weighted by atomic mass is 32.2. The fourth-order valence-electron chi connectivity index (χ4n) is 4.38. The molecule has 10 heteroatoms. The zero-order valence-electron chi connectivity index (χ0n) is 17.0. The number of hydrogen-bond acceptors (Lipinski definition) is 6. The Morgan fingerprint density at radius 3 is 2.50 bits per heavy atom. The number of carboxylic acids is 1. The smallest absolute Gasteiger partial charge is 0.300 e. The van der Waals surface area contributed by atoms with E-state index < -0.39 is 21.5 Å². The number of aliphatic carboxylic acids is 1. The molecule has 3 atom stereocenters. The van der Waals surface area contributed by atoms with Crippen molar-refractivity contribution in [3.8, 4) is 0 Å². The monoisotopic (exact) mass is 438 g/mol. The first-order chi connectivity index (χ1) is 14.0. The van der Waals surface area contributed by atoms with Gasteiger partial charge in [-0.1, -0.05) is 30.3 Å². The van der Waals surface area contributed by atoms with Crippen molar-refractivity contribution in [2.24, 2.45) is 0 Å². The van der Waals surface area contributed by atoms with Gasteiger partial charge in [-0.05, 0) is 5.56 Å². The topological polar surface area (TPSA) is 121 Å². The summed E-state index contributed by atoms with van der Waals surface area (Å²) in [6, 6.07) is 9.43. The van der Waals surface area contributed by atoms with E-state index in [2.05, 4.69) is 0 Å². The second kappa shape index (κ2) is 8.35. The third kappa shape index (κ3) is 4.49. The van der Waals surface area contributed by atoms with Crippen molar-refractivity contribution in [2.45, 2.75) is 44.1 Å². The van der Waals surface area contributed by atoms with E-state index in [1.807, 2.05) is 30.3 Å². The Kier molecular flexibility index (Phi) is 6.19. The van der Waals surface area contributed by atoms with Crippen molar-refractivity contribution < 1.29 is 32.6 Å². The zero-order valence-corrected chi connectivity index (χ0v) is 17.8.